The summed E-state index contributed by atoms with van der Waals surface area (Å²) in [5, 5.41) is 8.59. The largest absolute Gasteiger partial charge is 0.325 e. The molecule has 132 valence electrons. The molecule has 0 N–H and O–H groups in total. The Kier molecular flexibility index (Phi) is 4.29. The van der Waals surface area contributed by atoms with E-state index in [4.69, 9.17) is 4.98 Å². The number of aryl methyl sites for hydroxylation is 1. The van der Waals surface area contributed by atoms with Crippen molar-refractivity contribution in [1.82, 2.24) is 15.2 Å². The van der Waals surface area contributed by atoms with Crippen LogP contribution in [0.15, 0.2) is 54.7 Å². The molecule has 1 aromatic heterocycles. The maximum absolute atomic E-state index is 4.86. The Hall–Kier alpha value is -2.95. The van der Waals surface area contributed by atoms with Crippen LogP contribution in [-0.2, 0) is 6.42 Å². The first-order valence-electron chi connectivity index (χ1n) is 9.08. The second-order valence-electron chi connectivity index (χ2n) is 6.75. The molecule has 0 saturated carbocycles. The monoisotopic (exact) mass is 345 g/mol. The van der Waals surface area contributed by atoms with Gasteiger partial charge in [0.15, 0.2) is 5.82 Å². The molecule has 5 nitrogen and oxygen atoms in total. The molecule has 3 aromatic rings. The van der Waals surface area contributed by atoms with Crippen molar-refractivity contribution in [2.75, 3.05) is 16.3 Å². The lowest BCUT2D eigenvalue weighted by atomic mass is 10.1. The lowest BCUT2D eigenvalue weighted by molar-refractivity contribution is 0.728. The van der Waals surface area contributed by atoms with Gasteiger partial charge in [-0.3, -0.25) is 0 Å². The normalized spacial score (nSPS) is 15.8. The number of anilines is 4. The summed E-state index contributed by atoms with van der Waals surface area (Å²) in [5.74, 6) is 1.48. The maximum Gasteiger partial charge on any atom is 0.252 e. The minimum absolute atomic E-state index is 0.318. The lowest BCUT2D eigenvalue weighted by Gasteiger charge is -2.25. The first-order chi connectivity index (χ1) is 12.7. The molecule has 1 aliphatic rings. The van der Waals surface area contributed by atoms with Crippen LogP contribution in [0, 0.1) is 6.92 Å². The number of fused-ring (bicyclic) bond motifs is 1. The van der Waals surface area contributed by atoms with Crippen LogP contribution in [-0.4, -0.2) is 27.8 Å². The number of benzene rings is 2. The average molecular weight is 345 g/mol. The van der Waals surface area contributed by atoms with Crippen molar-refractivity contribution < 1.29 is 0 Å². The van der Waals surface area contributed by atoms with E-state index in [0.29, 0.717) is 12.0 Å². The molecule has 0 amide bonds. The molecule has 1 unspecified atom stereocenters. The van der Waals surface area contributed by atoms with Crippen molar-refractivity contribution in [2.24, 2.45) is 0 Å². The van der Waals surface area contributed by atoms with Crippen LogP contribution in [0.2, 0.25) is 0 Å². The molecule has 26 heavy (non-hydrogen) atoms. The molecule has 4 rings (SSSR count). The fourth-order valence-electron chi connectivity index (χ4n) is 3.66. The van der Waals surface area contributed by atoms with E-state index >= 15 is 0 Å². The van der Waals surface area contributed by atoms with E-state index in [1.54, 1.807) is 6.20 Å². The Morgan fingerprint density at radius 1 is 1.15 bits per heavy atom. The lowest BCUT2D eigenvalue weighted by Crippen LogP contribution is -2.27. The van der Waals surface area contributed by atoms with Crippen LogP contribution in [0.1, 0.15) is 25.0 Å². The van der Waals surface area contributed by atoms with E-state index in [0.717, 1.165) is 24.5 Å². The van der Waals surface area contributed by atoms with Gasteiger partial charge < -0.3 is 9.80 Å². The fourth-order valence-corrected chi connectivity index (χ4v) is 3.66. The molecule has 2 aromatic carbocycles. The van der Waals surface area contributed by atoms with E-state index in [1.165, 1.54) is 16.8 Å². The fraction of sp³-hybridized carbons (Fsp3) is 0.286. The molecule has 5 heteroatoms. The zero-order chi connectivity index (χ0) is 18.1. The van der Waals surface area contributed by atoms with Gasteiger partial charge in [-0.15, -0.1) is 5.10 Å². The van der Waals surface area contributed by atoms with Gasteiger partial charge in [0.05, 0.1) is 6.20 Å². The standard InChI is InChI=1S/C21H23N5/c1-4-25(18-10-7-8-15(2)12-18)20-14-22-24-21(23-20)26-16(3)13-17-9-5-6-11-19(17)26/h5-12,14,16H,4,13H2,1-3H3. The predicted molar refractivity (Wildman–Crippen MR) is 105 cm³/mol. The molecule has 0 saturated heterocycles. The van der Waals surface area contributed by atoms with Gasteiger partial charge in [0.2, 0.25) is 0 Å². The van der Waals surface area contributed by atoms with Crippen molar-refractivity contribution in [1.29, 1.82) is 0 Å². The van der Waals surface area contributed by atoms with Crippen molar-refractivity contribution in [3.63, 3.8) is 0 Å². The molecule has 0 bridgehead atoms. The number of rotatable bonds is 4. The highest BCUT2D eigenvalue weighted by Crippen LogP contribution is 2.36. The van der Waals surface area contributed by atoms with Crippen LogP contribution in [0.5, 0.6) is 0 Å². The minimum atomic E-state index is 0.318. The van der Waals surface area contributed by atoms with E-state index < -0.39 is 0 Å². The topological polar surface area (TPSA) is 45.2 Å². The zero-order valence-corrected chi connectivity index (χ0v) is 15.4. The van der Waals surface area contributed by atoms with Crippen molar-refractivity contribution in [3.05, 3.63) is 65.9 Å². The Morgan fingerprint density at radius 3 is 2.81 bits per heavy atom. The quantitative estimate of drug-likeness (QED) is 0.700. The highest BCUT2D eigenvalue weighted by atomic mass is 15.4. The van der Waals surface area contributed by atoms with Gasteiger partial charge in [-0.05, 0) is 56.5 Å². The highest BCUT2D eigenvalue weighted by Gasteiger charge is 2.29. The van der Waals surface area contributed by atoms with Gasteiger partial charge in [0.25, 0.3) is 5.95 Å². The molecule has 0 spiro atoms. The molecule has 1 aliphatic heterocycles. The van der Waals surface area contributed by atoms with Crippen molar-refractivity contribution in [3.8, 4) is 0 Å². The SMILES string of the molecule is CCN(c1cccc(C)c1)c1cnnc(N2c3ccccc3CC2C)n1. The van der Waals surface area contributed by atoms with Crippen LogP contribution in [0.25, 0.3) is 0 Å². The molecule has 2 heterocycles. The summed E-state index contributed by atoms with van der Waals surface area (Å²) >= 11 is 0. The minimum Gasteiger partial charge on any atom is -0.325 e. The van der Waals surface area contributed by atoms with Crippen LogP contribution in [0.4, 0.5) is 23.1 Å². The smallest absolute Gasteiger partial charge is 0.252 e. The van der Waals surface area contributed by atoms with Crippen molar-refractivity contribution >= 4 is 23.1 Å². The molecule has 0 radical (unpaired) electrons. The molecular formula is C21H23N5. The first-order valence-corrected chi connectivity index (χ1v) is 9.08. The van der Waals surface area contributed by atoms with Crippen LogP contribution in [0.3, 0.4) is 0 Å². The van der Waals surface area contributed by atoms with E-state index in [2.05, 4.69) is 89.3 Å². The second kappa shape index (κ2) is 6.75. The Balaban J connectivity index is 1.73. The third-order valence-electron chi connectivity index (χ3n) is 4.86. The number of hydrogen-bond acceptors (Lipinski definition) is 5. The van der Waals surface area contributed by atoms with Crippen LogP contribution >= 0.6 is 0 Å². The molecular weight excluding hydrogens is 322 g/mol. The summed E-state index contributed by atoms with van der Waals surface area (Å²) in [6, 6.07) is 17.2. The first kappa shape index (κ1) is 16.5. The van der Waals surface area contributed by atoms with E-state index in [-0.39, 0.29) is 0 Å². The van der Waals surface area contributed by atoms with E-state index in [1.807, 2.05) is 0 Å². The van der Waals surface area contributed by atoms with Gasteiger partial charge in [-0.1, -0.05) is 30.3 Å². The second-order valence-corrected chi connectivity index (χ2v) is 6.75. The highest BCUT2D eigenvalue weighted by molar-refractivity contribution is 5.68. The summed E-state index contributed by atoms with van der Waals surface area (Å²) in [7, 11) is 0. The molecule has 0 aliphatic carbocycles. The van der Waals surface area contributed by atoms with Gasteiger partial charge in [-0.25, -0.2) is 0 Å². The third kappa shape index (κ3) is 2.90. The average Bonchev–Trinajstić information content (AvgIpc) is 2.98. The predicted octanol–water partition coefficient (Wildman–Crippen LogP) is 4.42. The Morgan fingerprint density at radius 2 is 2.00 bits per heavy atom. The van der Waals surface area contributed by atoms with Gasteiger partial charge in [-0.2, -0.15) is 10.1 Å². The Labute approximate surface area is 154 Å². The molecule has 0 fully saturated rings. The Bertz CT molecular complexity index is 924. The third-order valence-corrected chi connectivity index (χ3v) is 4.86. The van der Waals surface area contributed by atoms with E-state index in [9.17, 15) is 0 Å². The number of para-hydroxylation sites is 1. The summed E-state index contributed by atoms with van der Waals surface area (Å²) in [5.41, 5.74) is 4.86. The van der Waals surface area contributed by atoms with Crippen LogP contribution < -0.4 is 9.80 Å². The maximum atomic E-state index is 4.86. The van der Waals surface area contributed by atoms with Gasteiger partial charge in [0, 0.05) is 24.0 Å². The number of hydrogen-bond donors (Lipinski definition) is 0. The summed E-state index contributed by atoms with van der Waals surface area (Å²) in [6.07, 6.45) is 2.74. The van der Waals surface area contributed by atoms with Gasteiger partial charge in [0.1, 0.15) is 0 Å². The summed E-state index contributed by atoms with van der Waals surface area (Å²) in [4.78, 5) is 9.21. The zero-order valence-electron chi connectivity index (χ0n) is 15.4. The summed E-state index contributed by atoms with van der Waals surface area (Å²) < 4.78 is 0. The summed E-state index contributed by atoms with van der Waals surface area (Å²) in [6.45, 7) is 7.24. The number of nitrogens with zero attached hydrogens (tertiary/aromatic N) is 5. The number of aromatic nitrogens is 3. The molecule has 1 atom stereocenters. The van der Waals surface area contributed by atoms with Gasteiger partial charge >= 0.3 is 0 Å². The van der Waals surface area contributed by atoms with Crippen molar-refractivity contribution in [2.45, 2.75) is 33.2 Å².